The van der Waals surface area contributed by atoms with Gasteiger partial charge in [-0.05, 0) is 31.0 Å². The maximum Gasteiger partial charge on any atom is 0.250 e. The van der Waals surface area contributed by atoms with E-state index in [1.807, 2.05) is 0 Å². The molecule has 2 amide bonds. The second kappa shape index (κ2) is 6.27. The molecule has 1 aromatic rings. The number of rotatable bonds is 3. The van der Waals surface area contributed by atoms with E-state index in [9.17, 15) is 9.59 Å². The van der Waals surface area contributed by atoms with Gasteiger partial charge in [0.15, 0.2) is 0 Å². The van der Waals surface area contributed by atoms with Crippen LogP contribution in [0.5, 0.6) is 0 Å². The summed E-state index contributed by atoms with van der Waals surface area (Å²) in [6.45, 7) is 1.45. The number of benzene rings is 1. The van der Waals surface area contributed by atoms with Gasteiger partial charge in [0.2, 0.25) is 11.8 Å². The number of nitrogens with one attached hydrogen (secondary N) is 2. The van der Waals surface area contributed by atoms with Gasteiger partial charge in [-0.25, -0.2) is 0 Å². The molecule has 0 spiro atoms. The minimum absolute atomic E-state index is 0.158. The van der Waals surface area contributed by atoms with Gasteiger partial charge in [-0.15, -0.1) is 0 Å². The molecule has 0 unspecified atom stereocenters. The van der Waals surface area contributed by atoms with Gasteiger partial charge in [0, 0.05) is 17.6 Å². The fourth-order valence-electron chi connectivity index (χ4n) is 2.72. The van der Waals surface area contributed by atoms with Crippen LogP contribution in [0.2, 0.25) is 5.02 Å². The first-order valence-electron chi connectivity index (χ1n) is 6.88. The van der Waals surface area contributed by atoms with E-state index in [2.05, 4.69) is 10.6 Å². The summed E-state index contributed by atoms with van der Waals surface area (Å²) in [6, 6.07) is 7.02. The number of amides is 2. The predicted molar refractivity (Wildman–Crippen MR) is 79.7 cm³/mol. The first-order chi connectivity index (χ1) is 9.52. The maximum atomic E-state index is 12.6. The highest BCUT2D eigenvalue weighted by atomic mass is 35.5. The number of hydrogen-bond donors (Lipinski definition) is 2. The van der Waals surface area contributed by atoms with Gasteiger partial charge in [0.1, 0.15) is 5.54 Å². The molecule has 1 fully saturated rings. The Morgan fingerprint density at radius 2 is 1.90 bits per heavy atom. The van der Waals surface area contributed by atoms with E-state index in [-0.39, 0.29) is 11.8 Å². The van der Waals surface area contributed by atoms with Crippen LogP contribution in [0.3, 0.4) is 0 Å². The zero-order valence-corrected chi connectivity index (χ0v) is 12.3. The Bertz CT molecular complexity index is 510. The van der Waals surface area contributed by atoms with Crippen molar-refractivity contribution in [2.75, 3.05) is 5.32 Å². The molecule has 0 aliphatic heterocycles. The van der Waals surface area contributed by atoms with E-state index in [1.165, 1.54) is 6.92 Å². The topological polar surface area (TPSA) is 58.2 Å². The fourth-order valence-corrected chi connectivity index (χ4v) is 2.91. The summed E-state index contributed by atoms with van der Waals surface area (Å²) in [5.74, 6) is -0.331. The minimum Gasteiger partial charge on any atom is -0.342 e. The predicted octanol–water partition coefficient (Wildman–Crippen LogP) is 3.12. The summed E-state index contributed by atoms with van der Waals surface area (Å²) >= 11 is 5.91. The lowest BCUT2D eigenvalue weighted by Gasteiger charge is -2.36. The van der Waals surface area contributed by atoms with Gasteiger partial charge in [-0.1, -0.05) is 36.9 Å². The van der Waals surface area contributed by atoms with Crippen molar-refractivity contribution >= 4 is 29.1 Å². The monoisotopic (exact) mass is 294 g/mol. The van der Waals surface area contributed by atoms with Crippen molar-refractivity contribution in [2.24, 2.45) is 0 Å². The summed E-state index contributed by atoms with van der Waals surface area (Å²) in [7, 11) is 0. The lowest BCUT2D eigenvalue weighted by atomic mass is 9.80. The second-order valence-electron chi connectivity index (χ2n) is 5.29. The van der Waals surface area contributed by atoms with Crippen LogP contribution >= 0.6 is 11.6 Å². The SMILES string of the molecule is CC(=O)NC1(C(=O)Nc2cccc(Cl)c2)CCCCC1. The summed E-state index contributed by atoms with van der Waals surface area (Å²) < 4.78 is 0. The van der Waals surface area contributed by atoms with Crippen LogP contribution in [0.25, 0.3) is 0 Å². The molecule has 0 heterocycles. The Morgan fingerprint density at radius 1 is 1.20 bits per heavy atom. The van der Waals surface area contributed by atoms with Gasteiger partial charge in [-0.2, -0.15) is 0 Å². The number of anilines is 1. The molecule has 108 valence electrons. The number of hydrogen-bond acceptors (Lipinski definition) is 2. The normalized spacial score (nSPS) is 17.3. The molecule has 0 aromatic heterocycles. The highest BCUT2D eigenvalue weighted by molar-refractivity contribution is 6.30. The molecule has 0 bridgehead atoms. The van der Waals surface area contributed by atoms with Gasteiger partial charge in [0.05, 0.1) is 0 Å². The van der Waals surface area contributed by atoms with E-state index in [0.29, 0.717) is 23.6 Å². The number of carbonyl (C=O) groups excluding carboxylic acids is 2. The van der Waals surface area contributed by atoms with Crippen molar-refractivity contribution in [3.63, 3.8) is 0 Å². The molecule has 20 heavy (non-hydrogen) atoms. The first kappa shape index (κ1) is 14.9. The van der Waals surface area contributed by atoms with Gasteiger partial charge in [-0.3, -0.25) is 9.59 Å². The maximum absolute atomic E-state index is 12.6. The van der Waals surface area contributed by atoms with E-state index < -0.39 is 5.54 Å². The molecule has 2 N–H and O–H groups in total. The molecule has 1 saturated carbocycles. The van der Waals surface area contributed by atoms with Crippen molar-refractivity contribution in [3.8, 4) is 0 Å². The molecule has 1 aromatic carbocycles. The Labute approximate surface area is 123 Å². The van der Waals surface area contributed by atoms with Gasteiger partial charge >= 0.3 is 0 Å². The average Bonchev–Trinajstić information content (AvgIpc) is 2.39. The molecule has 1 aliphatic rings. The van der Waals surface area contributed by atoms with E-state index in [4.69, 9.17) is 11.6 Å². The Morgan fingerprint density at radius 3 is 2.50 bits per heavy atom. The van der Waals surface area contributed by atoms with Crippen LogP contribution in [0.1, 0.15) is 39.0 Å². The van der Waals surface area contributed by atoms with Gasteiger partial charge < -0.3 is 10.6 Å². The van der Waals surface area contributed by atoms with Crippen molar-refractivity contribution in [1.82, 2.24) is 5.32 Å². The smallest absolute Gasteiger partial charge is 0.250 e. The summed E-state index contributed by atoms with van der Waals surface area (Å²) in [4.78, 5) is 24.0. The lowest BCUT2D eigenvalue weighted by Crippen LogP contribution is -2.57. The third-order valence-corrected chi connectivity index (χ3v) is 3.87. The first-order valence-corrected chi connectivity index (χ1v) is 7.25. The summed E-state index contributed by atoms with van der Waals surface area (Å²) in [5, 5.41) is 6.28. The zero-order valence-electron chi connectivity index (χ0n) is 11.5. The molecule has 1 aliphatic carbocycles. The largest absolute Gasteiger partial charge is 0.342 e. The quantitative estimate of drug-likeness (QED) is 0.900. The lowest BCUT2D eigenvalue weighted by molar-refractivity contribution is -0.130. The Kier molecular flexibility index (Phi) is 4.65. The summed E-state index contributed by atoms with van der Waals surface area (Å²) in [5.41, 5.74) is -0.135. The second-order valence-corrected chi connectivity index (χ2v) is 5.72. The van der Waals surface area contributed by atoms with Crippen LogP contribution < -0.4 is 10.6 Å². The van der Waals surface area contributed by atoms with Crippen LogP contribution in [0.15, 0.2) is 24.3 Å². The van der Waals surface area contributed by atoms with Crippen LogP contribution in [0.4, 0.5) is 5.69 Å². The van der Waals surface area contributed by atoms with Crippen molar-refractivity contribution in [3.05, 3.63) is 29.3 Å². The van der Waals surface area contributed by atoms with Crippen molar-refractivity contribution in [2.45, 2.75) is 44.6 Å². The van der Waals surface area contributed by atoms with Crippen molar-refractivity contribution in [1.29, 1.82) is 0 Å². The fraction of sp³-hybridized carbons (Fsp3) is 0.467. The molecule has 5 heteroatoms. The van der Waals surface area contributed by atoms with E-state index >= 15 is 0 Å². The average molecular weight is 295 g/mol. The van der Waals surface area contributed by atoms with E-state index in [0.717, 1.165) is 19.3 Å². The number of carbonyl (C=O) groups is 2. The number of halogens is 1. The molecule has 0 saturated heterocycles. The molecule has 2 rings (SSSR count). The minimum atomic E-state index is -0.785. The summed E-state index contributed by atoms with van der Waals surface area (Å²) in [6.07, 6.45) is 4.36. The molecule has 0 radical (unpaired) electrons. The Hall–Kier alpha value is -1.55. The van der Waals surface area contributed by atoms with Crippen LogP contribution in [0, 0.1) is 0 Å². The molecular weight excluding hydrogens is 276 g/mol. The van der Waals surface area contributed by atoms with Crippen molar-refractivity contribution < 1.29 is 9.59 Å². The third kappa shape index (κ3) is 3.51. The van der Waals surface area contributed by atoms with Gasteiger partial charge in [0.25, 0.3) is 0 Å². The third-order valence-electron chi connectivity index (χ3n) is 3.64. The highest BCUT2D eigenvalue weighted by Crippen LogP contribution is 2.30. The van der Waals surface area contributed by atoms with Crippen LogP contribution in [-0.2, 0) is 9.59 Å². The highest BCUT2D eigenvalue weighted by Gasteiger charge is 2.40. The Balaban J connectivity index is 2.16. The standard InChI is InChI=1S/C15H19ClN2O2/c1-11(19)18-15(8-3-2-4-9-15)14(20)17-13-7-5-6-12(16)10-13/h5-7,10H,2-4,8-9H2,1H3,(H,17,20)(H,18,19). The van der Waals surface area contributed by atoms with E-state index in [1.54, 1.807) is 24.3 Å². The molecular formula is C15H19ClN2O2. The molecule has 0 atom stereocenters. The zero-order chi connectivity index (χ0) is 14.6. The molecule has 4 nitrogen and oxygen atoms in total. The van der Waals surface area contributed by atoms with Crippen LogP contribution in [-0.4, -0.2) is 17.4 Å².